The third-order valence-corrected chi connectivity index (χ3v) is 1.38. The zero-order chi connectivity index (χ0) is 10.3. The molecule has 0 radical (unpaired) electrons. The molecule has 0 aliphatic rings. The molecule has 0 aliphatic carbocycles. The van der Waals surface area contributed by atoms with E-state index in [1.807, 2.05) is 0 Å². The van der Waals surface area contributed by atoms with Crippen molar-refractivity contribution in [1.29, 1.82) is 0 Å². The van der Waals surface area contributed by atoms with E-state index in [4.69, 9.17) is 10.2 Å². The molecule has 0 aromatic carbocycles. The smallest absolute Gasteiger partial charge is 0.326 e. The highest BCUT2D eigenvalue weighted by atomic mass is 16.4. The van der Waals surface area contributed by atoms with Gasteiger partial charge in [-0.2, -0.15) is 0 Å². The summed E-state index contributed by atoms with van der Waals surface area (Å²) in [6.07, 6.45) is 1.47. The first-order valence-electron chi connectivity index (χ1n) is 3.85. The molecule has 0 aromatic rings. The molecule has 0 saturated carbocycles. The highest BCUT2D eigenvalue weighted by molar-refractivity contribution is 5.84. The molecule has 0 heterocycles. The van der Waals surface area contributed by atoms with Crippen molar-refractivity contribution >= 4 is 11.9 Å². The average molecular weight is 187 g/mol. The number of nitrogens with one attached hydrogen (secondary N) is 1. The second kappa shape index (κ2) is 6.19. The molecule has 0 fully saturated rings. The SMILES string of the molecule is C=CCC(=O)NC(CCO)C(=O)O. The maximum Gasteiger partial charge on any atom is 0.326 e. The first kappa shape index (κ1) is 11.6. The van der Waals surface area contributed by atoms with Gasteiger partial charge in [-0.3, -0.25) is 4.79 Å². The number of amides is 1. The van der Waals surface area contributed by atoms with Gasteiger partial charge in [-0.25, -0.2) is 4.79 Å². The first-order chi connectivity index (χ1) is 6.11. The number of carboxylic acids is 1. The maximum absolute atomic E-state index is 10.9. The molecule has 13 heavy (non-hydrogen) atoms. The summed E-state index contributed by atoms with van der Waals surface area (Å²) < 4.78 is 0. The van der Waals surface area contributed by atoms with Crippen molar-refractivity contribution in [2.24, 2.45) is 0 Å². The number of aliphatic carboxylic acids is 1. The lowest BCUT2D eigenvalue weighted by Gasteiger charge is -2.11. The fourth-order valence-electron chi connectivity index (χ4n) is 0.771. The summed E-state index contributed by atoms with van der Waals surface area (Å²) in [6.45, 7) is 3.07. The van der Waals surface area contributed by atoms with Gasteiger partial charge in [0.15, 0.2) is 0 Å². The Hall–Kier alpha value is -1.36. The Kier molecular flexibility index (Phi) is 5.54. The Balaban J connectivity index is 4.01. The second-order valence-corrected chi connectivity index (χ2v) is 2.46. The molecular weight excluding hydrogens is 174 g/mol. The van der Waals surface area contributed by atoms with Crippen molar-refractivity contribution in [2.45, 2.75) is 18.9 Å². The summed E-state index contributed by atoms with van der Waals surface area (Å²) in [7, 11) is 0. The van der Waals surface area contributed by atoms with Crippen LogP contribution in [0.2, 0.25) is 0 Å². The fourth-order valence-corrected chi connectivity index (χ4v) is 0.771. The van der Waals surface area contributed by atoms with Crippen LogP contribution in [-0.2, 0) is 9.59 Å². The van der Waals surface area contributed by atoms with Crippen molar-refractivity contribution in [1.82, 2.24) is 5.32 Å². The molecule has 0 bridgehead atoms. The van der Waals surface area contributed by atoms with Crippen LogP contribution >= 0.6 is 0 Å². The molecule has 0 saturated heterocycles. The highest BCUT2D eigenvalue weighted by Gasteiger charge is 2.17. The van der Waals surface area contributed by atoms with Crippen molar-refractivity contribution in [3.63, 3.8) is 0 Å². The zero-order valence-corrected chi connectivity index (χ0v) is 7.19. The van der Waals surface area contributed by atoms with Crippen molar-refractivity contribution in [2.75, 3.05) is 6.61 Å². The normalized spacial score (nSPS) is 11.8. The minimum atomic E-state index is -1.15. The molecule has 0 aliphatic heterocycles. The summed E-state index contributed by atoms with van der Waals surface area (Å²) >= 11 is 0. The minimum Gasteiger partial charge on any atom is -0.480 e. The topological polar surface area (TPSA) is 86.6 Å². The van der Waals surface area contributed by atoms with Crippen LogP contribution in [0.1, 0.15) is 12.8 Å². The van der Waals surface area contributed by atoms with E-state index in [1.54, 1.807) is 0 Å². The van der Waals surface area contributed by atoms with Crippen molar-refractivity contribution in [3.8, 4) is 0 Å². The van der Waals surface area contributed by atoms with E-state index in [0.29, 0.717) is 0 Å². The van der Waals surface area contributed by atoms with Crippen molar-refractivity contribution in [3.05, 3.63) is 12.7 Å². The Morgan fingerprint density at radius 1 is 1.54 bits per heavy atom. The molecule has 0 rings (SSSR count). The predicted molar refractivity (Wildman–Crippen MR) is 46.1 cm³/mol. The predicted octanol–water partition coefficient (Wildman–Crippen LogP) is -0.486. The summed E-state index contributed by atoms with van der Waals surface area (Å²) in [5.74, 6) is -1.55. The molecular formula is C8H13NO4. The van der Waals surface area contributed by atoms with Gasteiger partial charge in [-0.15, -0.1) is 6.58 Å². The van der Waals surface area contributed by atoms with Gasteiger partial charge in [0, 0.05) is 19.4 Å². The fraction of sp³-hybridized carbons (Fsp3) is 0.500. The first-order valence-corrected chi connectivity index (χ1v) is 3.85. The van der Waals surface area contributed by atoms with E-state index in [2.05, 4.69) is 11.9 Å². The van der Waals surface area contributed by atoms with Gasteiger partial charge in [-0.1, -0.05) is 6.08 Å². The number of aliphatic hydroxyl groups is 1. The van der Waals surface area contributed by atoms with Crippen LogP contribution in [0.4, 0.5) is 0 Å². The van der Waals surface area contributed by atoms with Gasteiger partial charge in [0.2, 0.25) is 5.91 Å². The Bertz CT molecular complexity index is 202. The van der Waals surface area contributed by atoms with Gasteiger partial charge in [0.25, 0.3) is 0 Å². The number of carboxylic acid groups (broad SMARTS) is 1. The molecule has 5 nitrogen and oxygen atoms in total. The molecule has 3 N–H and O–H groups in total. The maximum atomic E-state index is 10.9. The Morgan fingerprint density at radius 2 is 2.15 bits per heavy atom. The summed E-state index contributed by atoms with van der Waals surface area (Å²) in [4.78, 5) is 21.4. The molecule has 0 spiro atoms. The lowest BCUT2D eigenvalue weighted by Crippen LogP contribution is -2.41. The summed E-state index contributed by atoms with van der Waals surface area (Å²) in [6, 6.07) is -1.02. The second-order valence-electron chi connectivity index (χ2n) is 2.46. The zero-order valence-electron chi connectivity index (χ0n) is 7.19. The van der Waals surface area contributed by atoms with E-state index in [0.717, 1.165) is 0 Å². The number of rotatable bonds is 6. The summed E-state index contributed by atoms with van der Waals surface area (Å²) in [5.41, 5.74) is 0. The number of hydrogen-bond acceptors (Lipinski definition) is 3. The standard InChI is InChI=1S/C8H13NO4/c1-2-3-7(11)9-6(4-5-10)8(12)13/h2,6,10H,1,3-5H2,(H,9,11)(H,12,13). The van der Waals surface area contributed by atoms with E-state index in [-0.39, 0.29) is 19.4 Å². The van der Waals surface area contributed by atoms with E-state index < -0.39 is 17.9 Å². The third kappa shape index (κ3) is 4.97. The van der Waals surface area contributed by atoms with Crippen LogP contribution in [0.25, 0.3) is 0 Å². The number of hydrogen-bond donors (Lipinski definition) is 3. The van der Waals surface area contributed by atoms with E-state index >= 15 is 0 Å². The number of carbonyl (C=O) groups is 2. The quantitative estimate of drug-likeness (QED) is 0.490. The minimum absolute atomic E-state index is 0.0121. The van der Waals surface area contributed by atoms with Crippen LogP contribution in [-0.4, -0.2) is 34.7 Å². The van der Waals surface area contributed by atoms with Crippen molar-refractivity contribution < 1.29 is 19.8 Å². The molecule has 0 aromatic heterocycles. The van der Waals surface area contributed by atoms with Gasteiger partial charge in [0.05, 0.1) is 0 Å². The average Bonchev–Trinajstić information content (AvgIpc) is 2.04. The monoisotopic (exact) mass is 187 g/mol. The lowest BCUT2D eigenvalue weighted by molar-refractivity contribution is -0.142. The molecule has 5 heteroatoms. The van der Waals surface area contributed by atoms with Gasteiger partial charge >= 0.3 is 5.97 Å². The molecule has 74 valence electrons. The van der Waals surface area contributed by atoms with Crippen LogP contribution in [0.3, 0.4) is 0 Å². The molecule has 1 atom stereocenters. The van der Waals surface area contributed by atoms with Gasteiger partial charge in [0.1, 0.15) is 6.04 Å². The Morgan fingerprint density at radius 3 is 2.54 bits per heavy atom. The lowest BCUT2D eigenvalue weighted by atomic mass is 10.2. The van der Waals surface area contributed by atoms with Gasteiger partial charge < -0.3 is 15.5 Å². The van der Waals surface area contributed by atoms with E-state index in [9.17, 15) is 9.59 Å². The third-order valence-electron chi connectivity index (χ3n) is 1.38. The van der Waals surface area contributed by atoms with Gasteiger partial charge in [-0.05, 0) is 0 Å². The van der Waals surface area contributed by atoms with Crippen LogP contribution in [0.5, 0.6) is 0 Å². The highest BCUT2D eigenvalue weighted by Crippen LogP contribution is 1.92. The van der Waals surface area contributed by atoms with Crippen LogP contribution in [0, 0.1) is 0 Å². The number of aliphatic hydroxyl groups excluding tert-OH is 1. The summed E-state index contributed by atoms with van der Waals surface area (Å²) in [5, 5.41) is 19.3. The Labute approximate surface area is 76.1 Å². The largest absolute Gasteiger partial charge is 0.480 e. The van der Waals surface area contributed by atoms with Crippen LogP contribution in [0.15, 0.2) is 12.7 Å². The van der Waals surface area contributed by atoms with Crippen LogP contribution < -0.4 is 5.32 Å². The molecule has 1 unspecified atom stereocenters. The molecule has 1 amide bonds. The van der Waals surface area contributed by atoms with E-state index in [1.165, 1.54) is 6.08 Å². The number of carbonyl (C=O) groups excluding carboxylic acids is 1.